The lowest BCUT2D eigenvalue weighted by Gasteiger charge is -2.22. The third kappa shape index (κ3) is 3.83. The Morgan fingerprint density at radius 2 is 1.94 bits per heavy atom. The molecule has 2 atom stereocenters. The van der Waals surface area contributed by atoms with Gasteiger partial charge < -0.3 is 5.73 Å². The van der Waals surface area contributed by atoms with Crippen molar-refractivity contribution < 1.29 is 13.0 Å². The Kier molecular flexibility index (Phi) is 4.35. The number of rotatable bonds is 3. The van der Waals surface area contributed by atoms with E-state index in [1.54, 1.807) is 20.8 Å². The summed E-state index contributed by atoms with van der Waals surface area (Å²) in [5.41, 5.74) is 5.61. The Morgan fingerprint density at radius 3 is 2.47 bits per heavy atom. The third-order valence-electron chi connectivity index (χ3n) is 2.08. The lowest BCUT2D eigenvalue weighted by atomic mass is 10.1. The van der Waals surface area contributed by atoms with Crippen LogP contribution in [0.15, 0.2) is 18.2 Å². The first-order chi connectivity index (χ1) is 7.71. The Morgan fingerprint density at radius 1 is 1.35 bits per heavy atom. The second-order valence-corrected chi connectivity index (χ2v) is 6.64. The fraction of sp³-hybridized carbons (Fsp3) is 0.455. The maximum Gasteiger partial charge on any atom is 0.129 e. The van der Waals surface area contributed by atoms with Crippen molar-refractivity contribution in [3.63, 3.8) is 0 Å². The summed E-state index contributed by atoms with van der Waals surface area (Å²) in [6.45, 7) is 5.26. The topological polar surface area (TPSA) is 55.1 Å². The second-order valence-electron chi connectivity index (χ2n) is 4.64. The monoisotopic (exact) mass is 262 g/mol. The number of nitrogens with one attached hydrogen (secondary N) is 1. The van der Waals surface area contributed by atoms with Gasteiger partial charge >= 0.3 is 0 Å². The molecule has 17 heavy (non-hydrogen) atoms. The molecule has 0 unspecified atom stereocenters. The normalized spacial score (nSPS) is 15.6. The van der Waals surface area contributed by atoms with Gasteiger partial charge in [0.05, 0.1) is 21.9 Å². The van der Waals surface area contributed by atoms with Crippen molar-refractivity contribution in [2.75, 3.05) is 0 Å². The van der Waals surface area contributed by atoms with Gasteiger partial charge in [-0.05, 0) is 39.0 Å². The summed E-state index contributed by atoms with van der Waals surface area (Å²) in [6.07, 6.45) is -1.01. The largest absolute Gasteiger partial charge is 0.311 e. The highest BCUT2D eigenvalue weighted by Crippen LogP contribution is 2.17. The molecule has 0 saturated heterocycles. The van der Waals surface area contributed by atoms with Crippen LogP contribution < -0.4 is 10.5 Å². The molecule has 1 rings (SSSR count). The molecule has 0 bridgehead atoms. The van der Waals surface area contributed by atoms with Crippen molar-refractivity contribution in [1.29, 1.82) is 0 Å². The Hall–Kier alpha value is -0.850. The zero-order chi connectivity index (χ0) is 13.2. The molecule has 0 aliphatic heterocycles. The minimum absolute atomic E-state index is 0.0393. The van der Waals surface area contributed by atoms with E-state index in [0.717, 1.165) is 18.2 Å². The Bertz CT molecular complexity index is 432. The predicted octanol–water partition coefficient (Wildman–Crippen LogP) is 1.97. The molecule has 96 valence electrons. The summed E-state index contributed by atoms with van der Waals surface area (Å²) >= 11 is 0. The number of halogens is 2. The highest BCUT2D eigenvalue weighted by atomic mass is 32.2. The average molecular weight is 262 g/mol. The molecule has 0 aliphatic carbocycles. The zero-order valence-corrected chi connectivity index (χ0v) is 10.8. The van der Waals surface area contributed by atoms with Crippen molar-refractivity contribution in [3.05, 3.63) is 35.4 Å². The standard InChI is InChI=1S/C11H16F2N2OS/c1-11(2,3)17(16)15-10(14)8-6-7(12)4-5-9(8)13/h4-6,10,15H,14H2,1-3H3/t10-,17+/m1/s1. The van der Waals surface area contributed by atoms with E-state index in [1.165, 1.54) is 0 Å². The van der Waals surface area contributed by atoms with Crippen LogP contribution >= 0.6 is 0 Å². The lowest BCUT2D eigenvalue weighted by molar-refractivity contribution is 0.548. The quantitative estimate of drug-likeness (QED) is 0.818. The first-order valence-corrected chi connectivity index (χ1v) is 6.25. The Labute approximate surface area is 102 Å². The van der Waals surface area contributed by atoms with Crippen LogP contribution in [0.2, 0.25) is 0 Å². The summed E-state index contributed by atoms with van der Waals surface area (Å²) < 4.78 is 40.1. The number of nitrogens with two attached hydrogens (primary N) is 1. The molecular weight excluding hydrogens is 246 g/mol. The molecule has 6 heteroatoms. The van der Waals surface area contributed by atoms with Gasteiger partial charge in [0.25, 0.3) is 0 Å². The summed E-state index contributed by atoms with van der Waals surface area (Å²) in [5, 5.41) is 0. The molecule has 0 aromatic heterocycles. The van der Waals surface area contributed by atoms with Crippen LogP contribution in [0.4, 0.5) is 8.78 Å². The average Bonchev–Trinajstić information content (AvgIpc) is 2.20. The Balaban J connectivity index is 2.87. The van der Waals surface area contributed by atoms with Gasteiger partial charge in [0.2, 0.25) is 0 Å². The van der Waals surface area contributed by atoms with E-state index >= 15 is 0 Å². The fourth-order valence-electron chi connectivity index (χ4n) is 1.11. The summed E-state index contributed by atoms with van der Waals surface area (Å²) in [6, 6.07) is 2.99. The number of benzene rings is 1. The molecule has 0 heterocycles. The van der Waals surface area contributed by atoms with E-state index in [2.05, 4.69) is 4.72 Å². The van der Waals surface area contributed by atoms with Crippen LogP contribution in [-0.4, -0.2) is 8.96 Å². The van der Waals surface area contributed by atoms with Gasteiger partial charge in [-0.25, -0.2) is 17.7 Å². The van der Waals surface area contributed by atoms with Gasteiger partial charge in [-0.15, -0.1) is 0 Å². The van der Waals surface area contributed by atoms with Gasteiger partial charge in [-0.2, -0.15) is 0 Å². The molecule has 0 radical (unpaired) electrons. The van der Waals surface area contributed by atoms with Crippen molar-refractivity contribution in [3.8, 4) is 0 Å². The van der Waals surface area contributed by atoms with Gasteiger partial charge in [0, 0.05) is 5.56 Å². The maximum atomic E-state index is 13.4. The van der Waals surface area contributed by atoms with E-state index in [1.807, 2.05) is 0 Å². The molecule has 0 fully saturated rings. The molecule has 0 amide bonds. The highest BCUT2D eigenvalue weighted by Gasteiger charge is 2.23. The molecule has 0 aliphatic rings. The van der Waals surface area contributed by atoms with Gasteiger partial charge in [-0.3, -0.25) is 0 Å². The van der Waals surface area contributed by atoms with E-state index < -0.39 is 33.5 Å². The van der Waals surface area contributed by atoms with Crippen molar-refractivity contribution in [1.82, 2.24) is 4.72 Å². The van der Waals surface area contributed by atoms with Gasteiger partial charge in [-0.1, -0.05) is 0 Å². The van der Waals surface area contributed by atoms with Crippen molar-refractivity contribution in [2.45, 2.75) is 31.7 Å². The highest BCUT2D eigenvalue weighted by molar-refractivity contribution is 7.84. The molecule has 3 N–H and O–H groups in total. The molecular formula is C11H16F2N2OS. The van der Waals surface area contributed by atoms with E-state index in [9.17, 15) is 13.0 Å². The van der Waals surface area contributed by atoms with Crippen LogP contribution in [0.1, 0.15) is 32.5 Å². The molecule has 3 nitrogen and oxygen atoms in total. The SMILES string of the molecule is CC(C)(C)[S@](=O)N[C@@H](N)c1cc(F)ccc1F. The van der Waals surface area contributed by atoms with Crippen molar-refractivity contribution in [2.24, 2.45) is 5.73 Å². The third-order valence-corrected chi connectivity index (χ3v) is 3.66. The maximum absolute atomic E-state index is 13.4. The smallest absolute Gasteiger partial charge is 0.129 e. The molecule has 1 aromatic rings. The fourth-order valence-corrected chi connectivity index (χ4v) is 1.82. The zero-order valence-electron chi connectivity index (χ0n) is 9.96. The molecule has 0 spiro atoms. The van der Waals surface area contributed by atoms with E-state index in [4.69, 9.17) is 5.73 Å². The van der Waals surface area contributed by atoms with Crippen molar-refractivity contribution >= 4 is 11.0 Å². The van der Waals surface area contributed by atoms with Crippen LogP contribution in [-0.2, 0) is 11.0 Å². The first kappa shape index (κ1) is 14.2. The summed E-state index contributed by atoms with van der Waals surface area (Å²) in [7, 11) is -1.45. The minimum Gasteiger partial charge on any atom is -0.311 e. The number of hydrogen-bond acceptors (Lipinski definition) is 2. The van der Waals surface area contributed by atoms with Crippen LogP contribution in [0, 0.1) is 11.6 Å². The van der Waals surface area contributed by atoms with Crippen LogP contribution in [0.5, 0.6) is 0 Å². The lowest BCUT2D eigenvalue weighted by Crippen LogP contribution is -2.39. The van der Waals surface area contributed by atoms with Crippen LogP contribution in [0.3, 0.4) is 0 Å². The second kappa shape index (κ2) is 5.20. The number of hydrogen-bond donors (Lipinski definition) is 2. The summed E-state index contributed by atoms with van der Waals surface area (Å²) in [4.78, 5) is 0. The minimum atomic E-state index is -1.45. The molecule has 1 aromatic carbocycles. The molecule has 0 saturated carbocycles. The summed E-state index contributed by atoms with van der Waals surface area (Å²) in [5.74, 6) is -1.21. The van der Waals surface area contributed by atoms with Gasteiger partial charge in [0.1, 0.15) is 11.6 Å². The van der Waals surface area contributed by atoms with E-state index in [0.29, 0.717) is 0 Å². The first-order valence-electron chi connectivity index (χ1n) is 5.10. The van der Waals surface area contributed by atoms with Crippen LogP contribution in [0.25, 0.3) is 0 Å². The van der Waals surface area contributed by atoms with E-state index in [-0.39, 0.29) is 5.56 Å². The van der Waals surface area contributed by atoms with Gasteiger partial charge in [0.15, 0.2) is 0 Å². The predicted molar refractivity (Wildman–Crippen MR) is 64.3 cm³/mol.